The second-order valence-corrected chi connectivity index (χ2v) is 15.8. The van der Waals surface area contributed by atoms with E-state index in [0.29, 0.717) is 0 Å². The topological polar surface area (TPSA) is 29.1 Å². The first kappa shape index (κ1) is 19.7. The number of carbonyl (C=O) groups excluding carboxylic acids is 1. The summed E-state index contributed by atoms with van der Waals surface area (Å²) >= 11 is -1.59. The molecule has 106 valence electrons. The van der Waals surface area contributed by atoms with Gasteiger partial charge in [-0.05, 0) is 0 Å². The molecule has 1 aromatic rings. The largest absolute Gasteiger partial charge is 1.00 e. The van der Waals surface area contributed by atoms with Crippen LogP contribution in [0, 0.1) is 0 Å². The van der Waals surface area contributed by atoms with Gasteiger partial charge < -0.3 is 24.8 Å². The van der Waals surface area contributed by atoms with E-state index in [1.807, 2.05) is 30.3 Å². The molecule has 1 aliphatic carbocycles. The molecule has 0 aromatic heterocycles. The fourth-order valence-corrected chi connectivity index (χ4v) is 9.98. The summed E-state index contributed by atoms with van der Waals surface area (Å²) in [6.45, 7) is 4.62. The summed E-state index contributed by atoms with van der Waals surface area (Å²) < 4.78 is 4.84. The van der Waals surface area contributed by atoms with Crippen molar-refractivity contribution in [3.63, 3.8) is 0 Å². The molecule has 0 saturated heterocycles. The van der Waals surface area contributed by atoms with Crippen LogP contribution in [0.2, 0.25) is 13.1 Å². The molecule has 0 aliphatic heterocycles. The first-order chi connectivity index (χ1) is 8.68. The first-order valence-corrected chi connectivity index (χ1v) is 12.5. The fourth-order valence-electron chi connectivity index (χ4n) is 1.93. The van der Waals surface area contributed by atoms with E-state index in [2.05, 4.69) is 35.1 Å². The number of allylic oxidation sites excluding steroid dienone is 4. The molecule has 0 heterocycles. The molecular formula is C14H17Cl2NOSiTi. The van der Waals surface area contributed by atoms with Crippen molar-refractivity contribution in [3.05, 3.63) is 58.0 Å². The molecule has 1 aliphatic rings. The van der Waals surface area contributed by atoms with Crippen LogP contribution < -0.4 is 28.6 Å². The van der Waals surface area contributed by atoms with Crippen LogP contribution in [0.5, 0.6) is 0 Å². The van der Waals surface area contributed by atoms with Gasteiger partial charge in [0.1, 0.15) is 0 Å². The van der Waals surface area contributed by atoms with Gasteiger partial charge in [0.2, 0.25) is 0 Å². The van der Waals surface area contributed by atoms with Crippen molar-refractivity contribution < 1.29 is 46.5 Å². The van der Waals surface area contributed by atoms with Gasteiger partial charge in [0.25, 0.3) is 0 Å². The zero-order valence-corrected chi connectivity index (χ0v) is 15.6. The molecule has 1 amide bonds. The van der Waals surface area contributed by atoms with Gasteiger partial charge >= 0.3 is 115 Å². The summed E-state index contributed by atoms with van der Waals surface area (Å²) in [5.74, 6) is 0.101. The number of halogens is 2. The molecule has 0 saturated carbocycles. The fraction of sp³-hybridized carbons (Fsp3) is 0.214. The number of benzene rings is 1. The molecule has 0 spiro atoms. The second-order valence-electron chi connectivity index (χ2n) is 4.52. The molecule has 0 fully saturated rings. The van der Waals surface area contributed by atoms with Gasteiger partial charge in [-0.3, -0.25) is 0 Å². The van der Waals surface area contributed by atoms with E-state index < -0.39 is 23.0 Å². The van der Waals surface area contributed by atoms with Crippen molar-refractivity contribution in [2.75, 3.05) is 0 Å². The quantitative estimate of drug-likeness (QED) is 0.573. The van der Waals surface area contributed by atoms with Crippen molar-refractivity contribution in [1.29, 1.82) is 0 Å². The third kappa shape index (κ3) is 5.23. The molecule has 1 aromatic carbocycles. The molecule has 0 atom stereocenters. The van der Waals surface area contributed by atoms with E-state index in [-0.39, 0.29) is 30.7 Å². The van der Waals surface area contributed by atoms with Crippen LogP contribution in [-0.2, 0) is 16.9 Å². The van der Waals surface area contributed by atoms with E-state index in [0.717, 1.165) is 12.0 Å². The number of carbonyl (C=O) groups is 1. The predicted molar refractivity (Wildman–Crippen MR) is 73.2 cm³/mol. The van der Waals surface area contributed by atoms with Crippen LogP contribution in [-0.4, -0.2) is 12.1 Å². The third-order valence-electron chi connectivity index (χ3n) is 2.87. The van der Waals surface area contributed by atoms with E-state index in [9.17, 15) is 4.79 Å². The Morgan fingerprint density at radius 3 is 2.35 bits per heavy atom. The zero-order valence-electron chi connectivity index (χ0n) is 11.5. The Morgan fingerprint density at radius 1 is 1.20 bits per heavy atom. The van der Waals surface area contributed by atoms with Crippen molar-refractivity contribution >= 4 is 12.1 Å². The summed E-state index contributed by atoms with van der Waals surface area (Å²) in [4.78, 5) is 12.2. The van der Waals surface area contributed by atoms with Crippen LogP contribution >= 0.6 is 0 Å². The van der Waals surface area contributed by atoms with Crippen molar-refractivity contribution in [2.24, 2.45) is 0 Å². The standard InChI is InChI=1S/C7H7NO.C5H5.C2H6Si.2ClH.Ti/c8-7(9)6-4-2-1-3-5-6;1-2-4-5-3-1;1-3-2;;;/h1-5H,(H2,8,9);1-3H,4H2;1-2H3;2*1H;/q;;;;;+3/p-3. The van der Waals surface area contributed by atoms with E-state index >= 15 is 0 Å². The molecule has 20 heavy (non-hydrogen) atoms. The van der Waals surface area contributed by atoms with Crippen LogP contribution in [0.25, 0.3) is 0 Å². The van der Waals surface area contributed by atoms with Gasteiger partial charge in [-0.15, -0.1) is 0 Å². The van der Waals surface area contributed by atoms with E-state index in [1.54, 1.807) is 0 Å². The Balaban J connectivity index is 0.00000180. The smallest absolute Gasteiger partial charge is 1.00 e. The maximum Gasteiger partial charge on any atom is -1.00 e. The number of hydrogen-bond acceptors (Lipinski definition) is 1. The number of nitrogens with one attached hydrogen (secondary N) is 1. The molecule has 0 bridgehead atoms. The number of hydrogen-bond donors (Lipinski definition) is 1. The van der Waals surface area contributed by atoms with Gasteiger partial charge in [-0.25, -0.2) is 0 Å². The Hall–Kier alpha value is -0.319. The minimum atomic E-state index is -1.59. The predicted octanol–water partition coefficient (Wildman–Crippen LogP) is -2.95. The average molecular weight is 362 g/mol. The molecular weight excluding hydrogens is 345 g/mol. The van der Waals surface area contributed by atoms with Crippen LogP contribution in [0.15, 0.2) is 52.4 Å². The maximum absolute atomic E-state index is 12.2. The summed E-state index contributed by atoms with van der Waals surface area (Å²) in [7, 11) is 0. The molecule has 2 nitrogen and oxygen atoms in total. The van der Waals surface area contributed by atoms with Crippen molar-refractivity contribution in [3.8, 4) is 0 Å². The Labute approximate surface area is 139 Å². The van der Waals surface area contributed by atoms with Gasteiger partial charge in [0, 0.05) is 0 Å². The Kier molecular flexibility index (Phi) is 9.43. The average Bonchev–Trinajstić information content (AvgIpc) is 2.90. The maximum atomic E-state index is 12.2. The minimum absolute atomic E-state index is 0. The van der Waals surface area contributed by atoms with Gasteiger partial charge in [-0.2, -0.15) is 0 Å². The molecule has 0 unspecified atom stereocenters. The summed E-state index contributed by atoms with van der Waals surface area (Å²) in [6.07, 6.45) is 7.11. The summed E-state index contributed by atoms with van der Waals surface area (Å²) in [6, 6.07) is 9.52. The Bertz CT molecular complexity index is 552. The summed E-state index contributed by atoms with van der Waals surface area (Å²) in [5, 5.41) is 0. The monoisotopic (exact) mass is 361 g/mol. The van der Waals surface area contributed by atoms with E-state index in [1.165, 1.54) is 3.88 Å². The van der Waals surface area contributed by atoms with E-state index in [4.69, 9.17) is 0 Å². The SMILES string of the molecule is C[Si](C)=[Ti+2]([NH]C(=O)c1ccccc1)[C]1=CC=CC1.[Cl-].[Cl-]. The number of amides is 1. The van der Waals surface area contributed by atoms with Gasteiger partial charge in [0.15, 0.2) is 0 Å². The normalized spacial score (nSPS) is 11.3. The molecule has 1 N–H and O–H groups in total. The zero-order chi connectivity index (χ0) is 13.0. The van der Waals surface area contributed by atoms with Gasteiger partial charge in [0.05, 0.1) is 0 Å². The van der Waals surface area contributed by atoms with Crippen LogP contribution in [0.1, 0.15) is 16.8 Å². The Morgan fingerprint density at radius 2 is 1.85 bits per heavy atom. The summed E-state index contributed by atoms with van der Waals surface area (Å²) in [5.41, 5.74) is 0.775. The number of rotatable bonds is 3. The molecule has 2 rings (SSSR count). The van der Waals surface area contributed by atoms with Crippen LogP contribution in [0.4, 0.5) is 0 Å². The van der Waals surface area contributed by atoms with Crippen molar-refractivity contribution in [1.82, 2.24) is 3.80 Å². The molecule has 0 radical (unpaired) electrons. The second kappa shape index (κ2) is 9.59. The first-order valence-electron chi connectivity index (χ1n) is 6.08. The van der Waals surface area contributed by atoms with Crippen molar-refractivity contribution in [2.45, 2.75) is 19.5 Å². The molecule has 6 heteroatoms. The third-order valence-corrected chi connectivity index (χ3v) is 12.7. The van der Waals surface area contributed by atoms with Crippen LogP contribution in [0.3, 0.4) is 0 Å². The minimum Gasteiger partial charge on any atom is -1.00 e. The van der Waals surface area contributed by atoms with Gasteiger partial charge in [-0.1, -0.05) is 0 Å².